The van der Waals surface area contributed by atoms with Gasteiger partial charge in [0.2, 0.25) is 34.8 Å². The van der Waals surface area contributed by atoms with Crippen LogP contribution in [0.15, 0.2) is 12.1 Å². The zero-order chi connectivity index (χ0) is 19.8. The van der Waals surface area contributed by atoms with Gasteiger partial charge in [-0.25, -0.2) is 18.0 Å². The number of aryl methyl sites for hydroxylation is 1. The first kappa shape index (κ1) is 19.2. The number of rotatable bonds is 3. The number of phenolic OH excluding ortho intramolecular Hbond substituents is 1. The second-order valence-electron chi connectivity index (χ2n) is 5.05. The van der Waals surface area contributed by atoms with Gasteiger partial charge in [0, 0.05) is 7.05 Å². The van der Waals surface area contributed by atoms with Crippen LogP contribution >= 0.6 is 0 Å². The Balaban J connectivity index is 2.51. The van der Waals surface area contributed by atoms with Gasteiger partial charge >= 0.3 is 5.97 Å². The van der Waals surface area contributed by atoms with Crippen LogP contribution in [-0.4, -0.2) is 24.0 Å². The smallest absolute Gasteiger partial charge is 0.344 e. The molecule has 2 N–H and O–H groups in total. The van der Waals surface area contributed by atoms with E-state index in [-0.39, 0.29) is 11.1 Å². The number of esters is 1. The summed E-state index contributed by atoms with van der Waals surface area (Å²) in [6.07, 6.45) is 0. The molecule has 0 aromatic heterocycles. The van der Waals surface area contributed by atoms with Crippen molar-refractivity contribution < 1.29 is 41.4 Å². The van der Waals surface area contributed by atoms with E-state index in [1.807, 2.05) is 0 Å². The third-order valence-corrected chi connectivity index (χ3v) is 3.40. The predicted molar refractivity (Wildman–Crippen MR) is 77.4 cm³/mol. The zero-order valence-electron chi connectivity index (χ0n) is 13.2. The first-order chi connectivity index (χ1) is 12.1. The van der Waals surface area contributed by atoms with Gasteiger partial charge in [0.1, 0.15) is 5.75 Å². The fourth-order valence-corrected chi connectivity index (χ4v) is 2.05. The molecule has 2 aromatic carbocycles. The lowest BCUT2D eigenvalue weighted by Crippen LogP contribution is -2.20. The summed E-state index contributed by atoms with van der Waals surface area (Å²) >= 11 is 0. The average molecular weight is 375 g/mol. The third-order valence-electron chi connectivity index (χ3n) is 3.40. The van der Waals surface area contributed by atoms with E-state index < -0.39 is 58.0 Å². The molecule has 1 amide bonds. The molecule has 0 unspecified atom stereocenters. The van der Waals surface area contributed by atoms with Gasteiger partial charge in [-0.1, -0.05) is 0 Å². The topological polar surface area (TPSA) is 75.6 Å². The summed E-state index contributed by atoms with van der Waals surface area (Å²) in [5.41, 5.74) is -0.753. The molecular weight excluding hydrogens is 365 g/mol. The molecule has 2 aromatic rings. The van der Waals surface area contributed by atoms with Crippen molar-refractivity contribution in [3.63, 3.8) is 0 Å². The maximum atomic E-state index is 13.6. The Morgan fingerprint density at radius 1 is 0.923 bits per heavy atom. The van der Waals surface area contributed by atoms with E-state index >= 15 is 0 Å². The molecule has 0 aliphatic rings. The maximum absolute atomic E-state index is 13.6. The summed E-state index contributed by atoms with van der Waals surface area (Å²) < 4.78 is 70.9. The number of hydrogen-bond donors (Lipinski definition) is 2. The summed E-state index contributed by atoms with van der Waals surface area (Å²) in [7, 11) is 1.24. The molecule has 0 bridgehead atoms. The van der Waals surface area contributed by atoms with Crippen LogP contribution in [0.25, 0.3) is 0 Å². The normalized spacial score (nSPS) is 10.6. The van der Waals surface area contributed by atoms with Crippen LogP contribution in [0, 0.1) is 36.0 Å². The van der Waals surface area contributed by atoms with Gasteiger partial charge in [0.15, 0.2) is 0 Å². The second-order valence-corrected chi connectivity index (χ2v) is 5.05. The zero-order valence-corrected chi connectivity index (χ0v) is 13.2. The Hall–Kier alpha value is -3.17. The largest absolute Gasteiger partial charge is 0.507 e. The fraction of sp³-hybridized carbons (Fsp3) is 0.125. The molecule has 0 atom stereocenters. The van der Waals surface area contributed by atoms with Crippen molar-refractivity contribution in [2.45, 2.75) is 6.92 Å². The van der Waals surface area contributed by atoms with Crippen LogP contribution in [-0.2, 0) is 0 Å². The summed E-state index contributed by atoms with van der Waals surface area (Å²) in [5.74, 6) is -16.1. The highest BCUT2D eigenvalue weighted by molar-refractivity contribution is 6.01. The first-order valence-corrected chi connectivity index (χ1v) is 6.89. The van der Waals surface area contributed by atoms with Gasteiger partial charge in [-0.05, 0) is 24.6 Å². The van der Waals surface area contributed by atoms with Crippen LogP contribution in [0.2, 0.25) is 0 Å². The Kier molecular flexibility index (Phi) is 5.15. The lowest BCUT2D eigenvalue weighted by Gasteiger charge is -2.12. The molecule has 26 heavy (non-hydrogen) atoms. The van der Waals surface area contributed by atoms with E-state index in [0.717, 1.165) is 12.1 Å². The number of amides is 1. The van der Waals surface area contributed by atoms with E-state index in [2.05, 4.69) is 10.1 Å². The monoisotopic (exact) mass is 375 g/mol. The van der Waals surface area contributed by atoms with Crippen molar-refractivity contribution in [1.29, 1.82) is 0 Å². The minimum Gasteiger partial charge on any atom is -0.507 e. The third kappa shape index (κ3) is 3.17. The number of ether oxygens (including phenoxy) is 1. The van der Waals surface area contributed by atoms with Crippen molar-refractivity contribution >= 4 is 11.9 Å². The standard InChI is InChI=1S/C16H10F5NO4/c1-5-3-8(23)7(15(24)22-2)4-6(5)16(25)26-14-12(20)10(18)9(17)11(19)13(14)21/h3-4,23H,1-2H3,(H,22,24). The molecule has 0 aliphatic heterocycles. The van der Waals surface area contributed by atoms with Crippen molar-refractivity contribution in [2.24, 2.45) is 0 Å². The van der Waals surface area contributed by atoms with Crippen molar-refractivity contribution in [3.8, 4) is 11.5 Å². The molecule has 0 saturated heterocycles. The van der Waals surface area contributed by atoms with Gasteiger partial charge in [-0.2, -0.15) is 8.78 Å². The van der Waals surface area contributed by atoms with Crippen LogP contribution < -0.4 is 10.1 Å². The summed E-state index contributed by atoms with van der Waals surface area (Å²) in [4.78, 5) is 23.7. The highest BCUT2D eigenvalue weighted by Crippen LogP contribution is 2.30. The van der Waals surface area contributed by atoms with E-state index in [0.29, 0.717) is 0 Å². The lowest BCUT2D eigenvalue weighted by atomic mass is 10.0. The van der Waals surface area contributed by atoms with Crippen molar-refractivity contribution in [2.75, 3.05) is 7.05 Å². The van der Waals surface area contributed by atoms with Crippen LogP contribution in [0.3, 0.4) is 0 Å². The Morgan fingerprint density at radius 3 is 1.92 bits per heavy atom. The second kappa shape index (κ2) is 6.98. The van der Waals surface area contributed by atoms with Gasteiger partial charge < -0.3 is 15.2 Å². The minimum atomic E-state index is -2.40. The van der Waals surface area contributed by atoms with E-state index in [1.165, 1.54) is 14.0 Å². The number of nitrogens with one attached hydrogen (secondary N) is 1. The van der Waals surface area contributed by atoms with Gasteiger partial charge in [0.05, 0.1) is 11.1 Å². The van der Waals surface area contributed by atoms with E-state index in [4.69, 9.17) is 0 Å². The van der Waals surface area contributed by atoms with Gasteiger partial charge in [0.25, 0.3) is 5.91 Å². The van der Waals surface area contributed by atoms with Crippen molar-refractivity contribution in [1.82, 2.24) is 5.32 Å². The highest BCUT2D eigenvalue weighted by atomic mass is 19.2. The minimum absolute atomic E-state index is 0.0315. The Morgan fingerprint density at radius 2 is 1.42 bits per heavy atom. The summed E-state index contributed by atoms with van der Waals surface area (Å²) in [6, 6.07) is 1.86. The lowest BCUT2D eigenvalue weighted by molar-refractivity contribution is 0.0715. The van der Waals surface area contributed by atoms with Crippen LogP contribution in [0.4, 0.5) is 22.0 Å². The molecule has 138 valence electrons. The number of hydrogen-bond acceptors (Lipinski definition) is 4. The molecule has 10 heteroatoms. The quantitative estimate of drug-likeness (QED) is 0.284. The highest BCUT2D eigenvalue weighted by Gasteiger charge is 2.29. The van der Waals surface area contributed by atoms with Crippen molar-refractivity contribution in [3.05, 3.63) is 57.9 Å². The summed E-state index contributed by atoms with van der Waals surface area (Å²) in [5, 5.41) is 11.9. The molecule has 0 saturated carbocycles. The van der Waals surface area contributed by atoms with Crippen LogP contribution in [0.1, 0.15) is 26.3 Å². The first-order valence-electron chi connectivity index (χ1n) is 6.89. The molecule has 2 rings (SSSR count). The van der Waals surface area contributed by atoms with Crippen LogP contribution in [0.5, 0.6) is 11.5 Å². The van der Waals surface area contributed by atoms with Gasteiger partial charge in [-0.15, -0.1) is 0 Å². The Bertz CT molecular complexity index is 901. The number of aromatic hydroxyl groups is 1. The molecule has 0 heterocycles. The molecule has 0 fully saturated rings. The van der Waals surface area contributed by atoms with E-state index in [1.54, 1.807) is 0 Å². The number of benzene rings is 2. The number of halogens is 5. The van der Waals surface area contributed by atoms with E-state index in [9.17, 15) is 36.6 Å². The number of carbonyl (C=O) groups excluding carboxylic acids is 2. The summed E-state index contributed by atoms with van der Waals surface area (Å²) in [6.45, 7) is 1.29. The van der Waals surface area contributed by atoms with Gasteiger partial charge in [-0.3, -0.25) is 4.79 Å². The number of phenols is 1. The molecular formula is C16H10F5NO4. The molecule has 0 radical (unpaired) electrons. The Labute approximate surface area is 143 Å². The average Bonchev–Trinajstić information content (AvgIpc) is 2.61. The molecule has 0 spiro atoms. The predicted octanol–water partition coefficient (Wildman–Crippen LogP) is 2.97. The molecule has 5 nitrogen and oxygen atoms in total. The maximum Gasteiger partial charge on any atom is 0.344 e. The SMILES string of the molecule is CNC(=O)c1cc(C(=O)Oc2c(F)c(F)c(F)c(F)c2F)c(C)cc1O. The molecule has 0 aliphatic carbocycles. The number of carbonyl (C=O) groups is 2. The fourth-order valence-electron chi connectivity index (χ4n) is 2.05.